The highest BCUT2D eigenvalue weighted by molar-refractivity contribution is 8.29. The molecule has 0 fully saturated rings. The van der Waals surface area contributed by atoms with E-state index >= 15 is 0 Å². The number of fused-ring (bicyclic) bond motifs is 1. The summed E-state index contributed by atoms with van der Waals surface area (Å²) in [6.45, 7) is 6.11. The van der Waals surface area contributed by atoms with Crippen LogP contribution in [0.5, 0.6) is 5.75 Å². The molecule has 2 aliphatic heterocycles. The molecule has 2 aliphatic rings. The van der Waals surface area contributed by atoms with Crippen LogP contribution in [0.1, 0.15) is 36.7 Å². The number of thiocarbonyl (C=S) groups is 1. The van der Waals surface area contributed by atoms with Crippen molar-refractivity contribution < 1.29 is 28.6 Å². The number of hydrogen-bond acceptors (Lipinski definition) is 9. The molecular formula is C27H25NO6S3. The van der Waals surface area contributed by atoms with E-state index in [0.29, 0.717) is 43.8 Å². The van der Waals surface area contributed by atoms with Gasteiger partial charge in [0.05, 0.1) is 41.2 Å². The van der Waals surface area contributed by atoms with E-state index in [2.05, 4.69) is 0 Å². The van der Waals surface area contributed by atoms with Crippen molar-refractivity contribution in [1.29, 1.82) is 0 Å². The van der Waals surface area contributed by atoms with Gasteiger partial charge in [-0.15, -0.1) is 0 Å². The average Bonchev–Trinajstić information content (AvgIpc) is 3.34. The fourth-order valence-corrected chi connectivity index (χ4v) is 7.16. The Balaban J connectivity index is 1.93. The molecule has 0 aliphatic carbocycles. The molecule has 0 radical (unpaired) electrons. The number of benzene rings is 2. The van der Waals surface area contributed by atoms with E-state index in [1.807, 2.05) is 57.2 Å². The predicted molar refractivity (Wildman–Crippen MR) is 151 cm³/mol. The van der Waals surface area contributed by atoms with Crippen LogP contribution in [0.15, 0.2) is 62.6 Å². The lowest BCUT2D eigenvalue weighted by atomic mass is 9.82. The first-order chi connectivity index (χ1) is 17.6. The number of esters is 2. The molecule has 192 valence electrons. The van der Waals surface area contributed by atoms with Gasteiger partial charge in [0.15, 0.2) is 0 Å². The first kappa shape index (κ1) is 27.0. The van der Waals surface area contributed by atoms with E-state index in [-0.39, 0.29) is 15.7 Å². The third-order valence-electron chi connectivity index (χ3n) is 5.90. The largest absolute Gasteiger partial charge is 0.494 e. The summed E-state index contributed by atoms with van der Waals surface area (Å²) in [5, 5.41) is 0. The molecule has 0 spiro atoms. The van der Waals surface area contributed by atoms with Crippen molar-refractivity contribution >= 4 is 69.7 Å². The van der Waals surface area contributed by atoms with Gasteiger partial charge in [-0.1, -0.05) is 53.9 Å². The number of thioether (sulfide) groups is 2. The van der Waals surface area contributed by atoms with Crippen LogP contribution in [0.25, 0.3) is 5.57 Å². The minimum atomic E-state index is -0.928. The van der Waals surface area contributed by atoms with Crippen molar-refractivity contribution in [3.8, 4) is 5.75 Å². The lowest BCUT2D eigenvalue weighted by molar-refractivity contribution is -0.138. The molecule has 10 heteroatoms. The van der Waals surface area contributed by atoms with E-state index in [4.69, 9.17) is 26.4 Å². The Morgan fingerprint density at radius 3 is 2.08 bits per heavy atom. The van der Waals surface area contributed by atoms with E-state index in [1.165, 1.54) is 14.2 Å². The molecule has 1 amide bonds. The molecule has 0 atom stereocenters. The molecule has 0 N–H and O–H groups in total. The molecule has 0 saturated carbocycles. The lowest BCUT2D eigenvalue weighted by Crippen LogP contribution is -2.56. The van der Waals surface area contributed by atoms with Crippen LogP contribution >= 0.6 is 35.7 Å². The highest BCUT2D eigenvalue weighted by Gasteiger charge is 2.46. The van der Waals surface area contributed by atoms with E-state index in [0.717, 1.165) is 23.5 Å². The second-order valence-corrected chi connectivity index (χ2v) is 11.2. The SMILES string of the molecule is CCOc1ccc2c(c1)N(C(=O)c1ccccc1)C(C)(C)C(=S)C2=C1SC(C(=O)OC)=C(C(=O)OC)S1. The summed E-state index contributed by atoms with van der Waals surface area (Å²) in [5.74, 6) is -0.873. The summed E-state index contributed by atoms with van der Waals surface area (Å²) in [4.78, 5) is 41.3. The van der Waals surface area contributed by atoms with Crippen LogP contribution < -0.4 is 9.64 Å². The fraction of sp³-hybridized carbons (Fsp3) is 0.259. The van der Waals surface area contributed by atoms with Gasteiger partial charge in [-0.2, -0.15) is 0 Å². The van der Waals surface area contributed by atoms with Crippen molar-refractivity contribution in [2.24, 2.45) is 0 Å². The van der Waals surface area contributed by atoms with Gasteiger partial charge in [0, 0.05) is 22.8 Å². The van der Waals surface area contributed by atoms with Gasteiger partial charge in [0.2, 0.25) is 0 Å². The van der Waals surface area contributed by atoms with Crippen molar-refractivity contribution in [3.63, 3.8) is 0 Å². The Kier molecular flexibility index (Phi) is 7.82. The van der Waals surface area contributed by atoms with Crippen LogP contribution in [-0.2, 0) is 19.1 Å². The summed E-state index contributed by atoms with van der Waals surface area (Å²) >= 11 is 8.24. The summed E-state index contributed by atoms with van der Waals surface area (Å²) < 4.78 is 16.2. The number of hydrogen-bond donors (Lipinski definition) is 0. The molecular weight excluding hydrogens is 530 g/mol. The maximum atomic E-state index is 13.8. The number of nitrogens with zero attached hydrogens (tertiary/aromatic N) is 1. The molecule has 37 heavy (non-hydrogen) atoms. The number of carbonyl (C=O) groups is 3. The van der Waals surface area contributed by atoms with E-state index < -0.39 is 17.5 Å². The minimum absolute atomic E-state index is 0.137. The summed E-state index contributed by atoms with van der Waals surface area (Å²) in [7, 11) is 2.51. The molecule has 2 aromatic carbocycles. The van der Waals surface area contributed by atoms with Gasteiger partial charge in [-0.3, -0.25) is 9.69 Å². The summed E-state index contributed by atoms with van der Waals surface area (Å²) in [5.41, 5.74) is 1.58. The fourth-order valence-electron chi connectivity index (χ4n) is 4.13. The second-order valence-electron chi connectivity index (χ2n) is 8.51. The number of amides is 1. The van der Waals surface area contributed by atoms with E-state index in [1.54, 1.807) is 17.0 Å². The van der Waals surface area contributed by atoms with Gasteiger partial charge in [-0.25, -0.2) is 9.59 Å². The van der Waals surface area contributed by atoms with Crippen LogP contribution in [0.3, 0.4) is 0 Å². The molecule has 0 aromatic heterocycles. The zero-order valence-electron chi connectivity index (χ0n) is 20.9. The van der Waals surface area contributed by atoms with Crippen LogP contribution in [0.4, 0.5) is 5.69 Å². The smallest absolute Gasteiger partial charge is 0.346 e. The Morgan fingerprint density at radius 2 is 1.54 bits per heavy atom. The summed E-state index contributed by atoms with van der Waals surface area (Å²) in [6, 6.07) is 14.5. The van der Waals surface area contributed by atoms with Gasteiger partial charge < -0.3 is 14.2 Å². The van der Waals surface area contributed by atoms with Gasteiger partial charge in [0.1, 0.15) is 15.6 Å². The zero-order valence-corrected chi connectivity index (χ0v) is 23.4. The zero-order chi connectivity index (χ0) is 26.9. The maximum absolute atomic E-state index is 13.8. The number of methoxy groups -OCH3 is 2. The standard InChI is InChI=1S/C27H25NO6S3/c1-6-34-16-12-13-17-18(14-16)28(23(29)15-10-8-7-9-11-15)27(2,3)22(35)19(17)26-36-20(24(30)32-4)21(37-26)25(31)33-5/h7-14H,6H2,1-5H3. The molecule has 4 rings (SSSR count). The third-order valence-corrected chi connectivity index (χ3v) is 9.16. The molecule has 0 unspecified atom stereocenters. The van der Waals surface area contributed by atoms with Crippen molar-refractivity contribution in [2.45, 2.75) is 26.3 Å². The Morgan fingerprint density at radius 1 is 0.946 bits per heavy atom. The normalized spacial score (nSPS) is 16.5. The number of carbonyl (C=O) groups excluding carboxylic acids is 3. The molecule has 2 aromatic rings. The second kappa shape index (κ2) is 10.7. The van der Waals surface area contributed by atoms with Gasteiger partial charge in [-0.05, 0) is 45.0 Å². The van der Waals surface area contributed by atoms with Crippen LogP contribution in [0.2, 0.25) is 0 Å². The molecule has 0 bridgehead atoms. The predicted octanol–water partition coefficient (Wildman–Crippen LogP) is 5.60. The van der Waals surface area contributed by atoms with Crippen LogP contribution in [-0.4, -0.2) is 49.1 Å². The minimum Gasteiger partial charge on any atom is -0.494 e. The topological polar surface area (TPSA) is 82.1 Å². The Labute approximate surface area is 229 Å². The molecule has 7 nitrogen and oxygen atoms in total. The molecule has 0 saturated heterocycles. The first-order valence-electron chi connectivity index (χ1n) is 11.4. The van der Waals surface area contributed by atoms with Crippen molar-refractivity contribution in [1.82, 2.24) is 0 Å². The van der Waals surface area contributed by atoms with Gasteiger partial charge >= 0.3 is 11.9 Å². The average molecular weight is 556 g/mol. The Bertz CT molecular complexity index is 1330. The van der Waals surface area contributed by atoms with Crippen molar-refractivity contribution in [3.05, 3.63) is 73.7 Å². The number of anilines is 1. The monoisotopic (exact) mass is 555 g/mol. The molecule has 2 heterocycles. The third kappa shape index (κ3) is 4.81. The number of rotatable bonds is 5. The van der Waals surface area contributed by atoms with E-state index in [9.17, 15) is 14.4 Å². The Hall–Kier alpha value is -3.08. The number of ether oxygens (including phenoxy) is 3. The summed E-state index contributed by atoms with van der Waals surface area (Å²) in [6.07, 6.45) is 0. The van der Waals surface area contributed by atoms with Crippen molar-refractivity contribution in [2.75, 3.05) is 25.7 Å². The highest BCUT2D eigenvalue weighted by atomic mass is 32.2. The quantitative estimate of drug-likeness (QED) is 0.266. The lowest BCUT2D eigenvalue weighted by Gasteiger charge is -2.45. The van der Waals surface area contributed by atoms with Gasteiger partial charge in [0.25, 0.3) is 5.91 Å². The highest BCUT2D eigenvalue weighted by Crippen LogP contribution is 2.56. The maximum Gasteiger partial charge on any atom is 0.346 e. The first-order valence-corrected chi connectivity index (χ1v) is 13.4. The van der Waals surface area contributed by atoms with Crippen LogP contribution in [0, 0.1) is 0 Å².